The number of quaternary nitrogens is 2. The molecule has 0 heterocycles. The van der Waals surface area contributed by atoms with Crippen LogP contribution in [-0.4, -0.2) is 70.3 Å². The van der Waals surface area contributed by atoms with E-state index in [-0.39, 0.29) is 19.4 Å². The van der Waals surface area contributed by atoms with Gasteiger partial charge in [-0.1, -0.05) is 306 Å². The minimum absolute atomic E-state index is 0.0169. The molecule has 83 heavy (non-hydrogen) atoms. The first-order valence-electron chi connectivity index (χ1n) is 33.1. The lowest BCUT2D eigenvalue weighted by Gasteiger charge is -2.37. The standard InChI is InChI=1S/2C25H46N.C24H22BCl2FO3/c2*1-4-5-6-7-8-9-10-11-12-13-14-15-16-20-23-26(2,3)24-25-21-18-17-19-22-25;26-21-10-4-8-19(16-21)24(18-6-2-1-3-7-18,20-9-5-11-22(27)17-20)14-12-23(28)13-15-31-25(29)30/h2*17-19,21-22H,4-16,20,23-24H2,1-3H3;1-11,16-17,23H,12-15H2/q2*+1;-2. The van der Waals surface area contributed by atoms with Crippen LogP contribution in [-0.2, 0) is 23.2 Å². The Hall–Kier alpha value is -3.53. The molecule has 5 rings (SSSR count). The Balaban J connectivity index is 0.000000329. The molecule has 0 aliphatic heterocycles. The van der Waals surface area contributed by atoms with Crippen LogP contribution in [0.4, 0.5) is 4.39 Å². The molecule has 0 radical (unpaired) electrons. The SMILES string of the molecule is CCCCCCCCCCCCCCCC[N+](C)(C)Cc1ccccc1.CCCCCCCCCCCCCCCC[N+](C)(C)Cc1ccccc1.[O-]B([O-])OCCC(F)CCC(c1ccccc1)(c1cccc(Cl)c1)c1cccc(Cl)c1. The Morgan fingerprint density at radius 3 is 1.06 bits per heavy atom. The highest BCUT2D eigenvalue weighted by molar-refractivity contribution is 6.31. The number of alkyl halides is 1. The van der Waals surface area contributed by atoms with E-state index in [0.717, 1.165) is 38.7 Å². The largest absolute Gasteiger partial charge is 0.871 e. The molecule has 9 heteroatoms. The van der Waals surface area contributed by atoms with Crippen LogP contribution in [0.2, 0.25) is 10.0 Å². The van der Waals surface area contributed by atoms with Crippen LogP contribution in [0.15, 0.2) is 140 Å². The van der Waals surface area contributed by atoms with Crippen LogP contribution in [0.5, 0.6) is 0 Å². The Morgan fingerprint density at radius 1 is 0.422 bits per heavy atom. The van der Waals surface area contributed by atoms with Crippen molar-refractivity contribution in [3.8, 4) is 0 Å². The van der Waals surface area contributed by atoms with E-state index in [0.29, 0.717) is 16.5 Å². The van der Waals surface area contributed by atoms with Crippen molar-refractivity contribution in [2.45, 2.75) is 238 Å². The van der Waals surface area contributed by atoms with Crippen molar-refractivity contribution in [2.75, 3.05) is 47.9 Å². The van der Waals surface area contributed by atoms with Crippen LogP contribution in [0.25, 0.3) is 0 Å². The minimum atomic E-state index is -2.39. The van der Waals surface area contributed by atoms with Crippen molar-refractivity contribution >= 4 is 30.5 Å². The second-order valence-electron chi connectivity index (χ2n) is 25.2. The number of unbranched alkanes of at least 4 members (excludes halogenated alkanes) is 26. The fourth-order valence-electron chi connectivity index (χ4n) is 11.8. The first-order chi connectivity index (χ1) is 40.2. The molecule has 5 nitrogen and oxygen atoms in total. The van der Waals surface area contributed by atoms with Crippen LogP contribution in [0.3, 0.4) is 0 Å². The molecule has 0 N–H and O–H groups in total. The third-order valence-electron chi connectivity index (χ3n) is 16.6. The summed E-state index contributed by atoms with van der Waals surface area (Å²) in [4.78, 5) is 0. The van der Waals surface area contributed by atoms with Crippen molar-refractivity contribution in [1.82, 2.24) is 0 Å². The number of hydrogen-bond acceptors (Lipinski definition) is 3. The van der Waals surface area contributed by atoms with Gasteiger partial charge in [-0.15, -0.1) is 0 Å². The molecule has 1 unspecified atom stereocenters. The number of rotatable bonds is 44. The smallest absolute Gasteiger partial charge is 0.104 e. The predicted octanol–water partition coefficient (Wildman–Crippen LogP) is 20.0. The molecule has 1 atom stereocenters. The Labute approximate surface area is 518 Å². The normalized spacial score (nSPS) is 12.1. The van der Waals surface area contributed by atoms with Gasteiger partial charge in [-0.2, -0.15) is 0 Å². The number of benzene rings is 5. The molecule has 0 fully saturated rings. The minimum Gasteiger partial charge on any atom is -0.871 e. The van der Waals surface area contributed by atoms with Gasteiger partial charge in [0.05, 0.1) is 48.6 Å². The summed E-state index contributed by atoms with van der Waals surface area (Å²) < 4.78 is 21.4. The molecule has 0 bridgehead atoms. The summed E-state index contributed by atoms with van der Waals surface area (Å²) in [6, 6.07) is 46.8. The Bertz CT molecular complexity index is 2160. The summed E-state index contributed by atoms with van der Waals surface area (Å²) in [5.41, 5.74) is 5.07. The van der Waals surface area contributed by atoms with E-state index in [9.17, 15) is 14.4 Å². The molecular weight excluding hydrogens is 1070 g/mol. The van der Waals surface area contributed by atoms with Crippen LogP contribution < -0.4 is 10.0 Å². The maximum atomic E-state index is 14.8. The molecular formula is C74H114BCl2FN2O3. The van der Waals surface area contributed by atoms with Crippen molar-refractivity contribution in [3.05, 3.63) is 177 Å². The second kappa shape index (κ2) is 45.7. The van der Waals surface area contributed by atoms with Crippen molar-refractivity contribution in [3.63, 3.8) is 0 Å². The average molecular weight is 1180 g/mol. The molecule has 5 aromatic rings. The fourth-order valence-corrected chi connectivity index (χ4v) is 12.1. The van der Waals surface area contributed by atoms with Gasteiger partial charge in [0.1, 0.15) is 19.3 Å². The number of nitrogens with zero attached hydrogens (tertiary/aromatic N) is 2. The van der Waals surface area contributed by atoms with Gasteiger partial charge in [-0.25, -0.2) is 4.39 Å². The van der Waals surface area contributed by atoms with Crippen molar-refractivity contribution in [1.29, 1.82) is 0 Å². The van der Waals surface area contributed by atoms with Crippen molar-refractivity contribution in [2.24, 2.45) is 0 Å². The summed E-state index contributed by atoms with van der Waals surface area (Å²) in [6.07, 6.45) is 39.7. The van der Waals surface area contributed by atoms with E-state index >= 15 is 0 Å². The highest BCUT2D eigenvalue weighted by Crippen LogP contribution is 2.45. The van der Waals surface area contributed by atoms with Crippen LogP contribution >= 0.6 is 23.2 Å². The molecule has 462 valence electrons. The third kappa shape index (κ3) is 35.0. The quantitative estimate of drug-likeness (QED) is 0.0169. The van der Waals surface area contributed by atoms with E-state index in [2.05, 4.69) is 107 Å². The third-order valence-corrected chi connectivity index (χ3v) is 17.0. The van der Waals surface area contributed by atoms with E-state index < -0.39 is 18.9 Å². The number of halogens is 3. The first kappa shape index (κ1) is 73.7. The predicted molar refractivity (Wildman–Crippen MR) is 355 cm³/mol. The lowest BCUT2D eigenvalue weighted by molar-refractivity contribution is -0.903. The van der Waals surface area contributed by atoms with Gasteiger partial charge in [0.2, 0.25) is 0 Å². The van der Waals surface area contributed by atoms with Gasteiger partial charge < -0.3 is 23.7 Å². The molecule has 5 aromatic carbocycles. The zero-order chi connectivity index (χ0) is 60.1. The molecule has 0 aliphatic rings. The number of hydrogen-bond donors (Lipinski definition) is 0. The Morgan fingerprint density at radius 2 is 0.735 bits per heavy atom. The maximum Gasteiger partial charge on any atom is 0.104 e. The molecule has 0 aromatic heterocycles. The molecule has 0 spiro atoms. The van der Waals surface area contributed by atoms with E-state index in [1.54, 1.807) is 12.1 Å². The fraction of sp³-hybridized carbons (Fsp3) is 0.595. The van der Waals surface area contributed by atoms with Gasteiger partial charge in [0, 0.05) is 39.6 Å². The van der Waals surface area contributed by atoms with Gasteiger partial charge in [0.15, 0.2) is 0 Å². The first-order valence-corrected chi connectivity index (χ1v) is 33.8. The Kier molecular flexibility index (Phi) is 40.6. The molecule has 0 saturated carbocycles. The summed E-state index contributed by atoms with van der Waals surface area (Å²) in [6.45, 7) is 9.29. The van der Waals surface area contributed by atoms with Gasteiger partial charge in [-0.05, 0) is 79.5 Å². The van der Waals surface area contributed by atoms with E-state index in [1.165, 1.54) is 204 Å². The summed E-state index contributed by atoms with van der Waals surface area (Å²) >= 11 is 12.7. The van der Waals surface area contributed by atoms with Gasteiger partial charge >= 0.3 is 0 Å². The lowest BCUT2D eigenvalue weighted by Crippen LogP contribution is -2.48. The lowest BCUT2D eigenvalue weighted by atomic mass is 9.66. The maximum absolute atomic E-state index is 14.8. The van der Waals surface area contributed by atoms with E-state index in [4.69, 9.17) is 23.2 Å². The summed E-state index contributed by atoms with van der Waals surface area (Å²) in [7, 11) is 7.09. The van der Waals surface area contributed by atoms with Gasteiger partial charge in [-0.3, -0.25) is 0 Å². The van der Waals surface area contributed by atoms with Gasteiger partial charge in [0.25, 0.3) is 0 Å². The average Bonchev–Trinajstić information content (AvgIpc) is 3.61. The molecule has 0 amide bonds. The van der Waals surface area contributed by atoms with Crippen molar-refractivity contribution < 1.29 is 28.1 Å². The topological polar surface area (TPSA) is 55.3 Å². The zero-order valence-electron chi connectivity index (χ0n) is 53.1. The van der Waals surface area contributed by atoms with E-state index in [1.807, 2.05) is 66.7 Å². The highest BCUT2D eigenvalue weighted by atomic mass is 35.5. The summed E-state index contributed by atoms with van der Waals surface area (Å²) in [5.74, 6) is 0. The highest BCUT2D eigenvalue weighted by Gasteiger charge is 2.37. The zero-order valence-corrected chi connectivity index (χ0v) is 54.7. The summed E-state index contributed by atoms with van der Waals surface area (Å²) in [5, 5.41) is 22.2. The second-order valence-corrected chi connectivity index (χ2v) is 26.0. The molecule has 0 saturated heterocycles. The molecule has 0 aliphatic carbocycles. The van der Waals surface area contributed by atoms with Crippen LogP contribution in [0, 0.1) is 0 Å². The van der Waals surface area contributed by atoms with Crippen LogP contribution in [0.1, 0.15) is 241 Å². The monoisotopic (exact) mass is 1180 g/mol.